The molecule has 1 aromatic carbocycles. The van der Waals surface area contributed by atoms with Crippen LogP contribution in [-0.4, -0.2) is 54.5 Å². The third-order valence-corrected chi connectivity index (χ3v) is 7.21. The van der Waals surface area contributed by atoms with Gasteiger partial charge in [-0.3, -0.25) is 9.36 Å². The zero-order valence-corrected chi connectivity index (χ0v) is 18.9. The third-order valence-electron chi connectivity index (χ3n) is 5.48. The molecule has 3 rings (SSSR count). The first-order valence-electron chi connectivity index (χ1n) is 10.4. The molecule has 1 fully saturated rings. The van der Waals surface area contributed by atoms with E-state index in [0.29, 0.717) is 23.0 Å². The van der Waals surface area contributed by atoms with Gasteiger partial charge >= 0.3 is 0 Å². The molecule has 1 saturated carbocycles. The average molecular weight is 438 g/mol. The fraction of sp³-hybridized carbons (Fsp3) is 0.619. The molecule has 1 atom stereocenters. The Morgan fingerprint density at radius 1 is 1.27 bits per heavy atom. The molecule has 8 nitrogen and oxygen atoms in total. The van der Waals surface area contributed by atoms with Crippen molar-refractivity contribution in [2.24, 2.45) is 7.05 Å². The normalized spacial score (nSPS) is 20.8. The van der Waals surface area contributed by atoms with Crippen LogP contribution in [0.1, 0.15) is 46.5 Å². The van der Waals surface area contributed by atoms with Gasteiger partial charge in [0, 0.05) is 20.0 Å². The standard InChI is InChI=1S/C21H31N3O5S/c1-5-30(26,27)18-10-11-19-20(12-18)24(4)21(23-19)29-17-8-6-16(7-9-17)28-13-14(2)22-15(3)25/h10-12,14,16-17H,5-9,13H2,1-4H3,(H,22,25)/t14-,16-,17-/m0/s1. The highest BCUT2D eigenvalue weighted by Gasteiger charge is 2.25. The minimum atomic E-state index is -3.27. The molecule has 9 heteroatoms. The van der Waals surface area contributed by atoms with Gasteiger partial charge < -0.3 is 14.8 Å². The van der Waals surface area contributed by atoms with E-state index >= 15 is 0 Å². The van der Waals surface area contributed by atoms with E-state index in [0.717, 1.165) is 31.2 Å². The number of fused-ring (bicyclic) bond motifs is 1. The summed E-state index contributed by atoms with van der Waals surface area (Å²) >= 11 is 0. The molecule has 1 N–H and O–H groups in total. The second-order valence-electron chi connectivity index (χ2n) is 7.96. The number of hydrogen-bond acceptors (Lipinski definition) is 6. The number of rotatable bonds is 8. The van der Waals surface area contributed by atoms with E-state index in [2.05, 4.69) is 10.3 Å². The number of sulfone groups is 1. The van der Waals surface area contributed by atoms with Crippen LogP contribution in [0.4, 0.5) is 0 Å². The van der Waals surface area contributed by atoms with Crippen LogP contribution in [0.2, 0.25) is 0 Å². The summed E-state index contributed by atoms with van der Waals surface area (Å²) in [5.41, 5.74) is 1.45. The predicted molar refractivity (Wildman–Crippen MR) is 114 cm³/mol. The zero-order valence-electron chi connectivity index (χ0n) is 18.1. The van der Waals surface area contributed by atoms with Crippen molar-refractivity contribution in [3.63, 3.8) is 0 Å². The maximum Gasteiger partial charge on any atom is 0.297 e. The largest absolute Gasteiger partial charge is 0.461 e. The van der Waals surface area contributed by atoms with Gasteiger partial charge in [0.1, 0.15) is 6.10 Å². The second kappa shape index (κ2) is 9.34. The Labute approximate surface area is 177 Å². The van der Waals surface area contributed by atoms with Gasteiger partial charge in [0.25, 0.3) is 6.01 Å². The number of ether oxygens (including phenoxy) is 2. The van der Waals surface area contributed by atoms with Crippen molar-refractivity contribution < 1.29 is 22.7 Å². The van der Waals surface area contributed by atoms with E-state index in [1.807, 2.05) is 18.5 Å². The van der Waals surface area contributed by atoms with Gasteiger partial charge in [-0.15, -0.1) is 0 Å². The summed E-state index contributed by atoms with van der Waals surface area (Å²) in [5.74, 6) is 0.0133. The summed E-state index contributed by atoms with van der Waals surface area (Å²) in [7, 11) is -1.43. The molecular formula is C21H31N3O5S. The van der Waals surface area contributed by atoms with Crippen LogP contribution in [0.5, 0.6) is 6.01 Å². The summed E-state index contributed by atoms with van der Waals surface area (Å²) in [6, 6.07) is 5.49. The Morgan fingerprint density at radius 3 is 2.57 bits per heavy atom. The van der Waals surface area contributed by atoms with Crippen LogP contribution in [0.15, 0.2) is 23.1 Å². The van der Waals surface area contributed by atoms with Gasteiger partial charge in [-0.25, -0.2) is 8.42 Å². The first-order valence-corrected chi connectivity index (χ1v) is 12.1. The maximum atomic E-state index is 12.2. The van der Waals surface area contributed by atoms with E-state index in [-0.39, 0.29) is 29.9 Å². The molecule has 0 aliphatic heterocycles. The predicted octanol–water partition coefficient (Wildman–Crippen LogP) is 2.60. The summed E-state index contributed by atoms with van der Waals surface area (Å²) in [4.78, 5) is 15.9. The number of imidazole rings is 1. The molecule has 0 unspecified atom stereocenters. The lowest BCUT2D eigenvalue weighted by Gasteiger charge is -2.29. The molecular weight excluding hydrogens is 406 g/mol. The molecule has 1 aliphatic rings. The van der Waals surface area contributed by atoms with Gasteiger partial charge in [-0.2, -0.15) is 4.98 Å². The molecule has 0 radical (unpaired) electrons. The minimum absolute atomic E-state index is 0.00196. The van der Waals surface area contributed by atoms with Crippen molar-refractivity contribution in [3.05, 3.63) is 18.2 Å². The van der Waals surface area contributed by atoms with Crippen molar-refractivity contribution in [2.45, 2.75) is 69.6 Å². The Balaban J connectivity index is 1.58. The summed E-state index contributed by atoms with van der Waals surface area (Å²) in [5, 5.41) is 2.82. The number of benzene rings is 1. The molecule has 0 saturated heterocycles. The smallest absolute Gasteiger partial charge is 0.297 e. The highest BCUT2D eigenvalue weighted by molar-refractivity contribution is 7.91. The van der Waals surface area contributed by atoms with Crippen molar-refractivity contribution >= 4 is 26.8 Å². The summed E-state index contributed by atoms with van der Waals surface area (Å²) in [6.45, 7) is 5.57. The summed E-state index contributed by atoms with van der Waals surface area (Å²) in [6.07, 6.45) is 3.71. The maximum absolute atomic E-state index is 12.2. The lowest BCUT2D eigenvalue weighted by molar-refractivity contribution is -0.120. The van der Waals surface area contributed by atoms with Gasteiger partial charge in [-0.1, -0.05) is 6.92 Å². The molecule has 1 aliphatic carbocycles. The van der Waals surface area contributed by atoms with Crippen molar-refractivity contribution in [2.75, 3.05) is 12.4 Å². The molecule has 2 aromatic rings. The average Bonchev–Trinajstić information content (AvgIpc) is 3.02. The fourth-order valence-corrected chi connectivity index (χ4v) is 4.65. The Kier molecular flexibility index (Phi) is 7.02. The highest BCUT2D eigenvalue weighted by Crippen LogP contribution is 2.28. The van der Waals surface area contributed by atoms with Gasteiger partial charge in [-0.05, 0) is 50.8 Å². The molecule has 1 aromatic heterocycles. The second-order valence-corrected chi connectivity index (χ2v) is 10.2. The lowest BCUT2D eigenvalue weighted by atomic mass is 9.95. The van der Waals surface area contributed by atoms with E-state index < -0.39 is 9.84 Å². The number of carbonyl (C=O) groups is 1. The van der Waals surface area contributed by atoms with Gasteiger partial charge in [0.15, 0.2) is 9.84 Å². The molecule has 166 valence electrons. The number of hydrogen-bond donors (Lipinski definition) is 1. The van der Waals surface area contributed by atoms with E-state index in [1.54, 1.807) is 25.1 Å². The van der Waals surface area contributed by atoms with Crippen LogP contribution in [0, 0.1) is 0 Å². The zero-order chi connectivity index (χ0) is 21.9. The number of aromatic nitrogens is 2. The van der Waals surface area contributed by atoms with Crippen LogP contribution in [0.3, 0.4) is 0 Å². The topological polar surface area (TPSA) is 99.5 Å². The van der Waals surface area contributed by atoms with Crippen molar-refractivity contribution in [3.8, 4) is 6.01 Å². The van der Waals surface area contributed by atoms with Crippen LogP contribution < -0.4 is 10.1 Å². The number of amides is 1. The van der Waals surface area contributed by atoms with Gasteiger partial charge in [0.2, 0.25) is 5.91 Å². The molecule has 0 spiro atoms. The van der Waals surface area contributed by atoms with Crippen LogP contribution >= 0.6 is 0 Å². The quantitative estimate of drug-likeness (QED) is 0.681. The van der Waals surface area contributed by atoms with E-state index in [9.17, 15) is 13.2 Å². The fourth-order valence-electron chi connectivity index (χ4n) is 3.75. The Hall–Kier alpha value is -2.13. The minimum Gasteiger partial charge on any atom is -0.461 e. The van der Waals surface area contributed by atoms with Gasteiger partial charge in [0.05, 0.1) is 34.4 Å². The lowest BCUT2D eigenvalue weighted by Crippen LogP contribution is -2.37. The third kappa shape index (κ3) is 5.31. The molecule has 0 bridgehead atoms. The molecule has 1 amide bonds. The molecule has 1 heterocycles. The first kappa shape index (κ1) is 22.6. The van der Waals surface area contributed by atoms with Crippen molar-refractivity contribution in [1.29, 1.82) is 0 Å². The van der Waals surface area contributed by atoms with E-state index in [1.165, 1.54) is 6.92 Å². The monoisotopic (exact) mass is 437 g/mol. The van der Waals surface area contributed by atoms with Crippen LogP contribution in [0.25, 0.3) is 11.0 Å². The summed E-state index contributed by atoms with van der Waals surface area (Å²) < 4.78 is 38.2. The SMILES string of the molecule is CCS(=O)(=O)c1ccc2nc(O[C@H]3CC[C@H](OC[C@H](C)NC(C)=O)CC3)n(C)c2c1. The van der Waals surface area contributed by atoms with Crippen LogP contribution in [-0.2, 0) is 26.4 Å². The number of aryl methyl sites for hydroxylation is 1. The number of carbonyl (C=O) groups excluding carboxylic acids is 1. The van der Waals surface area contributed by atoms with Crippen molar-refractivity contribution in [1.82, 2.24) is 14.9 Å². The first-order chi connectivity index (χ1) is 14.2. The Bertz CT molecular complexity index is 993. The highest BCUT2D eigenvalue weighted by atomic mass is 32.2. The number of nitrogens with zero attached hydrogens (tertiary/aromatic N) is 2. The molecule has 30 heavy (non-hydrogen) atoms. The van der Waals surface area contributed by atoms with E-state index in [4.69, 9.17) is 9.47 Å². The number of nitrogens with one attached hydrogen (secondary N) is 1. The Morgan fingerprint density at radius 2 is 1.93 bits per heavy atom.